The molecule has 0 aliphatic rings. The van der Waals surface area contributed by atoms with Crippen molar-refractivity contribution in [1.29, 1.82) is 0 Å². The molecule has 0 spiro atoms. The number of aldehydes is 1. The zero-order chi connectivity index (χ0) is 12.9. The van der Waals surface area contributed by atoms with Crippen molar-refractivity contribution in [2.75, 3.05) is 18.6 Å². The molecule has 0 fully saturated rings. The quantitative estimate of drug-likeness (QED) is 0.589. The van der Waals surface area contributed by atoms with Gasteiger partial charge in [-0.1, -0.05) is 17.7 Å². The normalized spacial score (nSPS) is 11.2. The minimum atomic E-state index is -2.98. The van der Waals surface area contributed by atoms with Crippen molar-refractivity contribution in [3.05, 3.63) is 28.8 Å². The predicted molar refractivity (Wildman–Crippen MR) is 66.7 cm³/mol. The van der Waals surface area contributed by atoms with E-state index >= 15 is 0 Å². The van der Waals surface area contributed by atoms with Gasteiger partial charge in [0, 0.05) is 6.26 Å². The zero-order valence-corrected chi connectivity index (χ0v) is 10.9. The second kappa shape index (κ2) is 6.02. The van der Waals surface area contributed by atoms with Gasteiger partial charge in [-0.05, 0) is 18.6 Å². The number of hydrogen-bond acceptors (Lipinski definition) is 4. The molecule has 0 heterocycles. The SMILES string of the molecule is CS(=O)(=O)CCCOc1cccc(Cl)c1C=O. The summed E-state index contributed by atoms with van der Waals surface area (Å²) in [6, 6.07) is 4.88. The third-order valence-electron chi connectivity index (χ3n) is 2.05. The highest BCUT2D eigenvalue weighted by atomic mass is 35.5. The fraction of sp³-hybridized carbons (Fsp3) is 0.364. The summed E-state index contributed by atoms with van der Waals surface area (Å²) < 4.78 is 27.1. The maximum atomic E-state index is 10.9. The van der Waals surface area contributed by atoms with Gasteiger partial charge < -0.3 is 4.74 Å². The lowest BCUT2D eigenvalue weighted by Crippen LogP contribution is -2.08. The van der Waals surface area contributed by atoms with Gasteiger partial charge in [-0.15, -0.1) is 0 Å². The lowest BCUT2D eigenvalue weighted by atomic mass is 10.2. The van der Waals surface area contributed by atoms with Crippen molar-refractivity contribution in [3.8, 4) is 5.75 Å². The van der Waals surface area contributed by atoms with Crippen LogP contribution in [0.15, 0.2) is 18.2 Å². The first-order valence-electron chi connectivity index (χ1n) is 4.98. The summed E-state index contributed by atoms with van der Waals surface area (Å²) in [5.74, 6) is 0.435. The maximum Gasteiger partial charge on any atom is 0.155 e. The molecular formula is C11H13ClO4S. The van der Waals surface area contributed by atoms with Crippen molar-refractivity contribution in [3.63, 3.8) is 0 Å². The van der Waals surface area contributed by atoms with E-state index in [-0.39, 0.29) is 17.9 Å². The highest BCUT2D eigenvalue weighted by Crippen LogP contribution is 2.24. The molecule has 0 aliphatic carbocycles. The number of sulfone groups is 1. The summed E-state index contributed by atoms with van der Waals surface area (Å²) in [5, 5.41) is 0.320. The van der Waals surface area contributed by atoms with Gasteiger partial charge in [-0.3, -0.25) is 4.79 Å². The molecule has 1 aromatic carbocycles. The fourth-order valence-electron chi connectivity index (χ4n) is 1.26. The molecule has 0 atom stereocenters. The Morgan fingerprint density at radius 3 is 2.71 bits per heavy atom. The van der Waals surface area contributed by atoms with Gasteiger partial charge >= 0.3 is 0 Å². The maximum absolute atomic E-state index is 10.9. The number of hydrogen-bond donors (Lipinski definition) is 0. The fourth-order valence-corrected chi connectivity index (χ4v) is 2.11. The highest BCUT2D eigenvalue weighted by Gasteiger charge is 2.07. The Labute approximate surface area is 105 Å². The van der Waals surface area contributed by atoms with Crippen LogP contribution in [0.1, 0.15) is 16.8 Å². The largest absolute Gasteiger partial charge is 0.493 e. The topological polar surface area (TPSA) is 60.4 Å². The smallest absolute Gasteiger partial charge is 0.155 e. The molecule has 6 heteroatoms. The van der Waals surface area contributed by atoms with E-state index in [0.29, 0.717) is 23.5 Å². The predicted octanol–water partition coefficient (Wildman–Crippen LogP) is 1.97. The Bertz CT molecular complexity index is 496. The molecule has 0 aliphatic heterocycles. The van der Waals surface area contributed by atoms with E-state index in [1.165, 1.54) is 6.26 Å². The van der Waals surface area contributed by atoms with E-state index in [1.807, 2.05) is 0 Å². The molecule has 0 saturated heterocycles. The average molecular weight is 277 g/mol. The average Bonchev–Trinajstić information content (AvgIpc) is 2.23. The Morgan fingerprint density at radius 2 is 2.12 bits per heavy atom. The Hall–Kier alpha value is -1.07. The van der Waals surface area contributed by atoms with Crippen LogP contribution in [0.2, 0.25) is 5.02 Å². The number of carbonyl (C=O) groups excluding carboxylic acids is 1. The van der Waals surface area contributed by atoms with Gasteiger partial charge in [0.05, 0.1) is 22.9 Å². The summed E-state index contributed by atoms with van der Waals surface area (Å²) in [6.07, 6.45) is 2.17. The van der Waals surface area contributed by atoms with Crippen LogP contribution in [0, 0.1) is 0 Å². The van der Waals surface area contributed by atoms with Gasteiger partial charge in [-0.25, -0.2) is 8.42 Å². The molecule has 1 rings (SSSR count). The molecule has 17 heavy (non-hydrogen) atoms. The monoisotopic (exact) mass is 276 g/mol. The lowest BCUT2D eigenvalue weighted by molar-refractivity contribution is 0.111. The first-order chi connectivity index (χ1) is 7.94. The Morgan fingerprint density at radius 1 is 1.41 bits per heavy atom. The third-order valence-corrected chi connectivity index (χ3v) is 3.41. The first-order valence-corrected chi connectivity index (χ1v) is 7.42. The van der Waals surface area contributed by atoms with Gasteiger partial charge in [0.1, 0.15) is 15.6 Å². The third kappa shape index (κ3) is 4.75. The summed E-state index contributed by atoms with van der Waals surface area (Å²) >= 11 is 5.81. The van der Waals surface area contributed by atoms with Gasteiger partial charge in [0.15, 0.2) is 6.29 Å². The minimum Gasteiger partial charge on any atom is -0.493 e. The first kappa shape index (κ1) is 14.0. The standard InChI is InChI=1S/C11H13ClO4S/c1-17(14,15)7-3-6-16-11-5-2-4-10(12)9(11)8-13/h2,4-5,8H,3,6-7H2,1H3. The second-order valence-corrected chi connectivity index (χ2v) is 6.27. The van der Waals surface area contributed by atoms with Crippen LogP contribution in [0.25, 0.3) is 0 Å². The van der Waals surface area contributed by atoms with Crippen LogP contribution >= 0.6 is 11.6 Å². The molecule has 0 amide bonds. The van der Waals surface area contributed by atoms with Gasteiger partial charge in [0.2, 0.25) is 0 Å². The van der Waals surface area contributed by atoms with E-state index in [9.17, 15) is 13.2 Å². The zero-order valence-electron chi connectivity index (χ0n) is 9.35. The molecule has 0 unspecified atom stereocenters. The molecule has 4 nitrogen and oxygen atoms in total. The molecule has 0 N–H and O–H groups in total. The molecule has 1 aromatic rings. The van der Waals surface area contributed by atoms with Crippen LogP contribution in [-0.4, -0.2) is 33.3 Å². The summed E-state index contributed by atoms with van der Waals surface area (Å²) in [4.78, 5) is 10.8. The molecule has 94 valence electrons. The molecule has 0 radical (unpaired) electrons. The van der Waals surface area contributed by atoms with E-state index < -0.39 is 9.84 Å². The van der Waals surface area contributed by atoms with Crippen LogP contribution in [0.3, 0.4) is 0 Å². The molecule has 0 saturated carbocycles. The summed E-state index contributed by atoms with van der Waals surface area (Å²) in [6.45, 7) is 0.230. The van der Waals surface area contributed by atoms with Crippen LogP contribution in [-0.2, 0) is 9.84 Å². The van der Waals surface area contributed by atoms with Crippen molar-refractivity contribution >= 4 is 27.7 Å². The number of ether oxygens (including phenoxy) is 1. The molecular weight excluding hydrogens is 264 g/mol. The lowest BCUT2D eigenvalue weighted by Gasteiger charge is -2.08. The Kier molecular flexibility index (Phi) is 4.96. The number of carbonyl (C=O) groups is 1. The molecule has 0 aromatic heterocycles. The second-order valence-electron chi connectivity index (χ2n) is 3.60. The van der Waals surface area contributed by atoms with Gasteiger partial charge in [0.25, 0.3) is 0 Å². The summed E-state index contributed by atoms with van der Waals surface area (Å²) in [5.41, 5.74) is 0.286. The van der Waals surface area contributed by atoms with E-state index in [4.69, 9.17) is 16.3 Å². The van der Waals surface area contributed by atoms with Crippen LogP contribution in [0.5, 0.6) is 5.75 Å². The summed E-state index contributed by atoms with van der Waals surface area (Å²) in [7, 11) is -2.98. The highest BCUT2D eigenvalue weighted by molar-refractivity contribution is 7.90. The number of benzene rings is 1. The van der Waals surface area contributed by atoms with E-state index in [1.54, 1.807) is 18.2 Å². The van der Waals surface area contributed by atoms with Crippen molar-refractivity contribution in [1.82, 2.24) is 0 Å². The van der Waals surface area contributed by atoms with Gasteiger partial charge in [-0.2, -0.15) is 0 Å². The molecule has 0 bridgehead atoms. The van der Waals surface area contributed by atoms with Crippen LogP contribution < -0.4 is 4.74 Å². The van der Waals surface area contributed by atoms with E-state index in [0.717, 1.165) is 0 Å². The Balaban J connectivity index is 2.58. The van der Waals surface area contributed by atoms with Crippen molar-refractivity contribution < 1.29 is 17.9 Å². The minimum absolute atomic E-state index is 0.0595. The van der Waals surface area contributed by atoms with Crippen LogP contribution in [0.4, 0.5) is 0 Å². The van der Waals surface area contributed by atoms with Crippen molar-refractivity contribution in [2.45, 2.75) is 6.42 Å². The number of halogens is 1. The van der Waals surface area contributed by atoms with E-state index in [2.05, 4.69) is 0 Å². The number of rotatable bonds is 6. The van der Waals surface area contributed by atoms with Crippen molar-refractivity contribution in [2.24, 2.45) is 0 Å².